The summed E-state index contributed by atoms with van der Waals surface area (Å²) in [6.45, 7) is 7.96. The Morgan fingerprint density at radius 1 is 1.18 bits per heavy atom. The van der Waals surface area contributed by atoms with Gasteiger partial charge >= 0.3 is 0 Å². The molecule has 5 nitrogen and oxygen atoms in total. The van der Waals surface area contributed by atoms with Crippen molar-refractivity contribution in [2.45, 2.75) is 20.3 Å². The lowest BCUT2D eigenvalue weighted by molar-refractivity contribution is -0.130. The van der Waals surface area contributed by atoms with Crippen LogP contribution in [0.4, 0.5) is 0 Å². The molecule has 1 saturated heterocycles. The highest BCUT2D eigenvalue weighted by molar-refractivity contribution is 6.20. The summed E-state index contributed by atoms with van der Waals surface area (Å²) in [6, 6.07) is 0. The standard InChI is InChI=1S/C11H20ClN3O2/c1-10(16)14-8-6-13(7-9-14)4-3-5-15(12)11(2)17/h3-9H2,1-2H3. The van der Waals surface area contributed by atoms with Gasteiger partial charge in [-0.1, -0.05) is 0 Å². The Morgan fingerprint density at radius 3 is 2.24 bits per heavy atom. The van der Waals surface area contributed by atoms with Crippen molar-refractivity contribution in [3.05, 3.63) is 0 Å². The van der Waals surface area contributed by atoms with E-state index in [9.17, 15) is 9.59 Å². The molecule has 1 rings (SSSR count). The Kier molecular flexibility index (Phi) is 5.71. The molecule has 0 aromatic heterocycles. The molecule has 0 radical (unpaired) electrons. The molecule has 1 heterocycles. The van der Waals surface area contributed by atoms with E-state index in [1.165, 1.54) is 11.3 Å². The van der Waals surface area contributed by atoms with E-state index in [-0.39, 0.29) is 11.8 Å². The van der Waals surface area contributed by atoms with Crippen molar-refractivity contribution in [2.24, 2.45) is 0 Å². The molecule has 0 saturated carbocycles. The minimum Gasteiger partial charge on any atom is -0.340 e. The molecule has 0 unspecified atom stereocenters. The van der Waals surface area contributed by atoms with Crippen LogP contribution < -0.4 is 0 Å². The zero-order valence-corrected chi connectivity index (χ0v) is 11.2. The zero-order valence-electron chi connectivity index (χ0n) is 10.5. The molecule has 2 amide bonds. The molecule has 0 N–H and O–H groups in total. The van der Waals surface area contributed by atoms with Crippen molar-refractivity contribution in [1.29, 1.82) is 0 Å². The summed E-state index contributed by atoms with van der Waals surface area (Å²) < 4.78 is 1.21. The first kappa shape index (κ1) is 14.3. The van der Waals surface area contributed by atoms with Crippen molar-refractivity contribution in [3.8, 4) is 0 Å². The van der Waals surface area contributed by atoms with E-state index in [1.807, 2.05) is 4.90 Å². The number of hydrogen-bond acceptors (Lipinski definition) is 3. The van der Waals surface area contributed by atoms with Gasteiger partial charge in [0, 0.05) is 64.9 Å². The number of nitrogens with zero attached hydrogens (tertiary/aromatic N) is 3. The van der Waals surface area contributed by atoms with Crippen molar-refractivity contribution in [1.82, 2.24) is 14.2 Å². The average molecular weight is 262 g/mol. The van der Waals surface area contributed by atoms with Gasteiger partial charge in [0.2, 0.25) is 11.8 Å². The average Bonchev–Trinajstić information content (AvgIpc) is 2.29. The molecule has 1 fully saturated rings. The molecule has 1 aliphatic heterocycles. The van der Waals surface area contributed by atoms with E-state index in [0.717, 1.165) is 39.1 Å². The van der Waals surface area contributed by atoms with Gasteiger partial charge in [-0.15, -0.1) is 0 Å². The minimum absolute atomic E-state index is 0.118. The maximum atomic E-state index is 11.1. The molecular weight excluding hydrogens is 242 g/mol. The van der Waals surface area contributed by atoms with Crippen molar-refractivity contribution >= 4 is 23.6 Å². The van der Waals surface area contributed by atoms with E-state index in [4.69, 9.17) is 11.8 Å². The smallest absolute Gasteiger partial charge is 0.233 e. The Morgan fingerprint density at radius 2 is 1.76 bits per heavy atom. The van der Waals surface area contributed by atoms with E-state index in [2.05, 4.69) is 4.90 Å². The van der Waals surface area contributed by atoms with Crippen molar-refractivity contribution in [3.63, 3.8) is 0 Å². The highest BCUT2D eigenvalue weighted by atomic mass is 35.5. The van der Waals surface area contributed by atoms with Crippen molar-refractivity contribution < 1.29 is 9.59 Å². The zero-order chi connectivity index (χ0) is 12.8. The molecule has 0 bridgehead atoms. The first-order chi connectivity index (χ1) is 8.00. The first-order valence-electron chi connectivity index (χ1n) is 5.92. The number of piperazine rings is 1. The molecular formula is C11H20ClN3O2. The predicted octanol–water partition coefficient (Wildman–Crippen LogP) is 0.543. The van der Waals surface area contributed by atoms with Gasteiger partial charge in [0.15, 0.2) is 0 Å². The largest absolute Gasteiger partial charge is 0.340 e. The van der Waals surface area contributed by atoms with Crippen LogP contribution in [0, 0.1) is 0 Å². The third kappa shape index (κ3) is 4.91. The van der Waals surface area contributed by atoms with Gasteiger partial charge in [-0.2, -0.15) is 0 Å². The van der Waals surface area contributed by atoms with Crippen LogP contribution in [0.15, 0.2) is 0 Å². The summed E-state index contributed by atoms with van der Waals surface area (Å²) in [4.78, 5) is 26.2. The fourth-order valence-electron chi connectivity index (χ4n) is 1.88. The Balaban J connectivity index is 2.14. The number of rotatable bonds is 4. The van der Waals surface area contributed by atoms with Crippen LogP contribution in [0.25, 0.3) is 0 Å². The second-order valence-electron chi connectivity index (χ2n) is 4.31. The number of carbonyl (C=O) groups excluding carboxylic acids is 2. The van der Waals surface area contributed by atoms with Crippen LogP contribution in [0.1, 0.15) is 20.3 Å². The Labute approximate surface area is 107 Å². The van der Waals surface area contributed by atoms with E-state index >= 15 is 0 Å². The quantitative estimate of drug-likeness (QED) is 0.694. The van der Waals surface area contributed by atoms with E-state index < -0.39 is 0 Å². The number of carbonyl (C=O) groups is 2. The monoisotopic (exact) mass is 261 g/mol. The van der Waals surface area contributed by atoms with Crippen LogP contribution >= 0.6 is 11.8 Å². The number of amides is 2. The molecule has 98 valence electrons. The summed E-state index contributed by atoms with van der Waals surface area (Å²) in [5, 5.41) is 0. The predicted molar refractivity (Wildman–Crippen MR) is 66.6 cm³/mol. The van der Waals surface area contributed by atoms with Crippen molar-refractivity contribution in [2.75, 3.05) is 39.3 Å². The Hall–Kier alpha value is -0.810. The van der Waals surface area contributed by atoms with Gasteiger partial charge in [0.05, 0.1) is 0 Å². The van der Waals surface area contributed by atoms with E-state index in [1.54, 1.807) is 6.92 Å². The molecule has 0 spiro atoms. The Bertz CT molecular complexity index is 278. The molecule has 0 aliphatic carbocycles. The molecule has 0 aromatic rings. The van der Waals surface area contributed by atoms with Gasteiger partial charge in [0.25, 0.3) is 0 Å². The lowest BCUT2D eigenvalue weighted by Crippen LogP contribution is -2.48. The van der Waals surface area contributed by atoms with Gasteiger partial charge in [-0.25, -0.2) is 0 Å². The second kappa shape index (κ2) is 6.81. The van der Waals surface area contributed by atoms with Gasteiger partial charge < -0.3 is 4.90 Å². The summed E-state index contributed by atoms with van der Waals surface area (Å²) in [6.07, 6.45) is 0.864. The second-order valence-corrected chi connectivity index (χ2v) is 4.71. The van der Waals surface area contributed by atoms with Crippen LogP contribution in [-0.4, -0.2) is 65.3 Å². The fraction of sp³-hybridized carbons (Fsp3) is 0.818. The summed E-state index contributed by atoms with van der Waals surface area (Å²) in [7, 11) is 0. The van der Waals surface area contributed by atoms with Crippen LogP contribution in [0.2, 0.25) is 0 Å². The van der Waals surface area contributed by atoms with Crippen LogP contribution in [-0.2, 0) is 9.59 Å². The third-order valence-electron chi connectivity index (χ3n) is 2.99. The number of hydrogen-bond donors (Lipinski definition) is 0. The summed E-state index contributed by atoms with van der Waals surface area (Å²) in [5.41, 5.74) is 0. The van der Waals surface area contributed by atoms with Crippen LogP contribution in [0.3, 0.4) is 0 Å². The number of halogens is 1. The molecule has 6 heteroatoms. The minimum atomic E-state index is -0.118. The SMILES string of the molecule is CC(=O)N(Cl)CCCN1CCN(C(C)=O)CC1. The first-order valence-corrected chi connectivity index (χ1v) is 6.26. The molecule has 17 heavy (non-hydrogen) atoms. The van der Waals surface area contributed by atoms with Gasteiger partial charge in [-0.3, -0.25) is 18.9 Å². The summed E-state index contributed by atoms with van der Waals surface area (Å²) >= 11 is 5.71. The summed E-state index contributed by atoms with van der Waals surface area (Å²) in [5.74, 6) is 0.0289. The lowest BCUT2D eigenvalue weighted by Gasteiger charge is -2.34. The van der Waals surface area contributed by atoms with Crippen LogP contribution in [0.5, 0.6) is 0 Å². The topological polar surface area (TPSA) is 43.9 Å². The highest BCUT2D eigenvalue weighted by Gasteiger charge is 2.18. The van der Waals surface area contributed by atoms with E-state index in [0.29, 0.717) is 6.54 Å². The maximum Gasteiger partial charge on any atom is 0.233 e. The highest BCUT2D eigenvalue weighted by Crippen LogP contribution is 2.04. The maximum absolute atomic E-state index is 11.1. The molecule has 0 atom stereocenters. The molecule has 0 aromatic carbocycles. The normalized spacial score (nSPS) is 17.0. The molecule has 1 aliphatic rings. The lowest BCUT2D eigenvalue weighted by atomic mass is 10.3. The third-order valence-corrected chi connectivity index (χ3v) is 3.40. The fourth-order valence-corrected chi connectivity index (χ4v) is 2.00. The van der Waals surface area contributed by atoms with Gasteiger partial charge in [-0.05, 0) is 6.42 Å². The van der Waals surface area contributed by atoms with Gasteiger partial charge in [0.1, 0.15) is 0 Å².